The van der Waals surface area contributed by atoms with Crippen LogP contribution < -0.4 is 5.32 Å². The van der Waals surface area contributed by atoms with E-state index in [4.69, 9.17) is 4.42 Å². The fourth-order valence-corrected chi connectivity index (χ4v) is 2.70. The van der Waals surface area contributed by atoms with Crippen molar-refractivity contribution in [3.63, 3.8) is 0 Å². The Bertz CT molecular complexity index is 1040. The Hall–Kier alpha value is -3.53. The smallest absolute Gasteiger partial charge is 0.221 e. The van der Waals surface area contributed by atoms with E-state index in [2.05, 4.69) is 5.32 Å². The summed E-state index contributed by atoms with van der Waals surface area (Å²) >= 11 is 0. The molecule has 1 amide bonds. The van der Waals surface area contributed by atoms with Crippen molar-refractivity contribution >= 4 is 5.91 Å². The van der Waals surface area contributed by atoms with E-state index in [1.54, 1.807) is 36.4 Å². The number of hydrogen-bond acceptors (Lipinski definition) is 3. The average molecular weight is 384 g/mol. The molecular weight excluding hydrogens is 369 g/mol. The van der Waals surface area contributed by atoms with E-state index in [9.17, 15) is 23.2 Å². The molecule has 0 radical (unpaired) electrons. The lowest BCUT2D eigenvalue weighted by molar-refractivity contribution is -0.121. The fourth-order valence-electron chi connectivity index (χ4n) is 2.70. The molecule has 4 nitrogen and oxygen atoms in total. The first-order chi connectivity index (χ1) is 13.5. The summed E-state index contributed by atoms with van der Waals surface area (Å²) in [6, 6.07) is 12.7. The Morgan fingerprint density at radius 3 is 2.57 bits per heavy atom. The van der Waals surface area contributed by atoms with E-state index >= 15 is 0 Å². The standard InChI is InChI=1S/C21H15F3N2O2/c22-13-5-8-15(18(24)11-13)19(12-25)26-21(27)10-7-14-6-9-20(28-14)16-3-1-2-4-17(16)23/h1-6,8-9,11,19H,7,10H2,(H,26,27). The number of nitrogens with one attached hydrogen (secondary N) is 1. The molecule has 0 spiro atoms. The summed E-state index contributed by atoms with van der Waals surface area (Å²) in [6.45, 7) is 0. The van der Waals surface area contributed by atoms with Crippen molar-refractivity contribution in [1.29, 1.82) is 5.26 Å². The second-order valence-electron chi connectivity index (χ2n) is 6.04. The highest BCUT2D eigenvalue weighted by molar-refractivity contribution is 5.77. The zero-order valence-corrected chi connectivity index (χ0v) is 14.6. The molecule has 3 aromatic rings. The van der Waals surface area contributed by atoms with E-state index in [0.29, 0.717) is 23.2 Å². The van der Waals surface area contributed by atoms with Crippen LogP contribution in [-0.4, -0.2) is 5.91 Å². The molecule has 1 aromatic heterocycles. The van der Waals surface area contributed by atoms with Crippen LogP contribution in [0, 0.1) is 28.8 Å². The normalized spacial score (nSPS) is 11.6. The van der Waals surface area contributed by atoms with Gasteiger partial charge in [-0.2, -0.15) is 5.26 Å². The van der Waals surface area contributed by atoms with Crippen LogP contribution in [0.5, 0.6) is 0 Å². The highest BCUT2D eigenvalue weighted by Crippen LogP contribution is 2.25. The van der Waals surface area contributed by atoms with Crippen LogP contribution in [0.1, 0.15) is 23.8 Å². The number of aryl methyl sites for hydroxylation is 1. The molecule has 0 bridgehead atoms. The van der Waals surface area contributed by atoms with Crippen molar-refractivity contribution in [2.24, 2.45) is 0 Å². The first-order valence-corrected chi connectivity index (χ1v) is 8.45. The molecule has 1 unspecified atom stereocenters. The SMILES string of the molecule is N#CC(NC(=O)CCc1ccc(-c2ccccc2F)o1)c1ccc(F)cc1F. The van der Waals surface area contributed by atoms with Crippen LogP contribution in [0.4, 0.5) is 13.2 Å². The largest absolute Gasteiger partial charge is 0.461 e. The Balaban J connectivity index is 1.61. The number of amides is 1. The highest BCUT2D eigenvalue weighted by atomic mass is 19.1. The summed E-state index contributed by atoms with van der Waals surface area (Å²) in [7, 11) is 0. The lowest BCUT2D eigenvalue weighted by Crippen LogP contribution is -2.28. The summed E-state index contributed by atoms with van der Waals surface area (Å²) in [5, 5.41) is 11.6. The fraction of sp³-hybridized carbons (Fsp3) is 0.143. The highest BCUT2D eigenvalue weighted by Gasteiger charge is 2.18. The lowest BCUT2D eigenvalue weighted by atomic mass is 10.1. The van der Waals surface area contributed by atoms with Crippen molar-refractivity contribution < 1.29 is 22.4 Å². The van der Waals surface area contributed by atoms with Crippen LogP contribution in [-0.2, 0) is 11.2 Å². The van der Waals surface area contributed by atoms with Gasteiger partial charge in [-0.1, -0.05) is 18.2 Å². The number of carbonyl (C=O) groups is 1. The van der Waals surface area contributed by atoms with E-state index < -0.39 is 29.4 Å². The third-order valence-electron chi connectivity index (χ3n) is 4.11. The third-order valence-corrected chi connectivity index (χ3v) is 4.11. The van der Waals surface area contributed by atoms with Crippen molar-refractivity contribution in [2.45, 2.75) is 18.9 Å². The molecular formula is C21H15F3N2O2. The van der Waals surface area contributed by atoms with Gasteiger partial charge in [-0.15, -0.1) is 0 Å². The number of rotatable bonds is 6. The van der Waals surface area contributed by atoms with Gasteiger partial charge in [0.15, 0.2) is 0 Å². The van der Waals surface area contributed by atoms with Gasteiger partial charge in [-0.05, 0) is 30.3 Å². The molecule has 142 valence electrons. The maximum absolute atomic E-state index is 13.8. The molecule has 0 fully saturated rings. The zero-order valence-electron chi connectivity index (χ0n) is 14.6. The quantitative estimate of drug-likeness (QED) is 0.671. The first kappa shape index (κ1) is 19.2. The molecule has 7 heteroatoms. The van der Waals surface area contributed by atoms with Crippen molar-refractivity contribution in [1.82, 2.24) is 5.32 Å². The number of nitriles is 1. The van der Waals surface area contributed by atoms with Gasteiger partial charge < -0.3 is 9.73 Å². The minimum absolute atomic E-state index is 0.0226. The van der Waals surface area contributed by atoms with Gasteiger partial charge in [0.2, 0.25) is 5.91 Å². The summed E-state index contributed by atoms with van der Waals surface area (Å²) in [5.41, 5.74) is 0.201. The Labute approximate surface area is 159 Å². The van der Waals surface area contributed by atoms with Gasteiger partial charge in [-0.25, -0.2) is 13.2 Å². The Morgan fingerprint density at radius 2 is 1.86 bits per heavy atom. The maximum Gasteiger partial charge on any atom is 0.221 e. The van der Waals surface area contributed by atoms with Crippen LogP contribution in [0.3, 0.4) is 0 Å². The minimum Gasteiger partial charge on any atom is -0.461 e. The number of halogens is 3. The monoisotopic (exact) mass is 384 g/mol. The third kappa shape index (κ3) is 4.41. The predicted octanol–water partition coefficient (Wildman–Crippen LogP) is 4.68. The van der Waals surface area contributed by atoms with Gasteiger partial charge in [0.1, 0.15) is 35.0 Å². The molecule has 2 aromatic carbocycles. The molecule has 3 rings (SSSR count). The number of carbonyl (C=O) groups excluding carboxylic acids is 1. The zero-order chi connectivity index (χ0) is 20.1. The van der Waals surface area contributed by atoms with Crippen molar-refractivity contribution in [2.75, 3.05) is 0 Å². The van der Waals surface area contributed by atoms with Gasteiger partial charge in [0, 0.05) is 24.5 Å². The number of nitrogens with zero attached hydrogens (tertiary/aromatic N) is 1. The lowest BCUT2D eigenvalue weighted by Gasteiger charge is -2.12. The van der Waals surface area contributed by atoms with Gasteiger partial charge in [0.05, 0.1) is 11.6 Å². The van der Waals surface area contributed by atoms with Crippen LogP contribution in [0.2, 0.25) is 0 Å². The van der Waals surface area contributed by atoms with Crippen LogP contribution in [0.25, 0.3) is 11.3 Å². The maximum atomic E-state index is 13.8. The molecule has 0 saturated heterocycles. The van der Waals surface area contributed by atoms with Gasteiger partial charge in [-0.3, -0.25) is 4.79 Å². The molecule has 28 heavy (non-hydrogen) atoms. The van der Waals surface area contributed by atoms with E-state index in [1.807, 2.05) is 0 Å². The first-order valence-electron chi connectivity index (χ1n) is 8.45. The summed E-state index contributed by atoms with van der Waals surface area (Å²) in [5.74, 6) is -1.79. The van der Waals surface area contributed by atoms with Crippen LogP contribution >= 0.6 is 0 Å². The molecule has 1 atom stereocenters. The van der Waals surface area contributed by atoms with Gasteiger partial charge >= 0.3 is 0 Å². The minimum atomic E-state index is -1.24. The second kappa shape index (κ2) is 8.44. The summed E-state index contributed by atoms with van der Waals surface area (Å²) in [4.78, 5) is 12.1. The van der Waals surface area contributed by atoms with E-state index in [1.165, 1.54) is 6.07 Å². The van der Waals surface area contributed by atoms with E-state index in [-0.39, 0.29) is 18.4 Å². The summed E-state index contributed by atoms with van der Waals surface area (Å²) in [6.07, 6.45) is 0.190. The van der Waals surface area contributed by atoms with E-state index in [0.717, 1.165) is 12.1 Å². The molecule has 0 aliphatic heterocycles. The van der Waals surface area contributed by atoms with Gasteiger partial charge in [0.25, 0.3) is 0 Å². The van der Waals surface area contributed by atoms with Crippen molar-refractivity contribution in [3.05, 3.63) is 83.4 Å². The summed E-state index contributed by atoms with van der Waals surface area (Å²) < 4.78 is 46.1. The Kier molecular flexibility index (Phi) is 5.80. The topological polar surface area (TPSA) is 66.0 Å². The molecule has 1 heterocycles. The average Bonchev–Trinajstić information content (AvgIpc) is 3.14. The van der Waals surface area contributed by atoms with Crippen molar-refractivity contribution in [3.8, 4) is 17.4 Å². The molecule has 1 N–H and O–H groups in total. The molecule has 0 aliphatic rings. The predicted molar refractivity (Wildman–Crippen MR) is 95.3 cm³/mol. The number of benzene rings is 2. The second-order valence-corrected chi connectivity index (χ2v) is 6.04. The number of furan rings is 1. The number of hydrogen-bond donors (Lipinski definition) is 1. The Morgan fingerprint density at radius 1 is 1.07 bits per heavy atom. The molecule has 0 saturated carbocycles. The molecule has 0 aliphatic carbocycles. The van der Waals surface area contributed by atoms with Crippen LogP contribution in [0.15, 0.2) is 59.0 Å².